The van der Waals surface area contributed by atoms with Crippen LogP contribution in [-0.2, 0) is 21.2 Å². The molecule has 1 amide bonds. The molecule has 7 heteroatoms. The van der Waals surface area contributed by atoms with Crippen LogP contribution >= 0.6 is 0 Å². The molecule has 1 heterocycles. The number of nitrogens with two attached hydrogens (primary N) is 1. The fraction of sp³-hybridized carbons (Fsp3) is 0.385. The number of nitriles is 1. The molecule has 1 aliphatic rings. The average molecular weight is 293 g/mol. The topological polar surface area (TPSA) is 104 Å². The van der Waals surface area contributed by atoms with Crippen LogP contribution in [0.15, 0.2) is 29.2 Å². The zero-order chi connectivity index (χ0) is 14.8. The van der Waals surface area contributed by atoms with E-state index < -0.39 is 22.0 Å². The number of hydrogen-bond acceptors (Lipinski definition) is 4. The highest BCUT2D eigenvalue weighted by molar-refractivity contribution is 7.89. The van der Waals surface area contributed by atoms with Crippen LogP contribution in [-0.4, -0.2) is 31.2 Å². The van der Waals surface area contributed by atoms with Crippen molar-refractivity contribution < 1.29 is 13.2 Å². The number of carbonyl (C=O) groups excluding carboxylic acids is 1. The summed E-state index contributed by atoms with van der Waals surface area (Å²) < 4.78 is 26.1. The lowest BCUT2D eigenvalue weighted by Gasteiger charge is -2.21. The highest BCUT2D eigenvalue weighted by Gasteiger charge is 2.38. The standard InChI is InChI=1S/C13H15N3O3S/c14-8-7-10-3-5-11(6-4-10)20(18,19)16-9-1-2-12(16)13(15)17/h3-6,12H,1-2,7,9H2,(H2,15,17). The van der Waals surface area contributed by atoms with Crippen LogP contribution in [0.3, 0.4) is 0 Å². The van der Waals surface area contributed by atoms with Crippen molar-refractivity contribution in [2.24, 2.45) is 5.73 Å². The van der Waals surface area contributed by atoms with Crippen molar-refractivity contribution in [1.82, 2.24) is 4.31 Å². The summed E-state index contributed by atoms with van der Waals surface area (Å²) in [6.45, 7) is 0.301. The van der Waals surface area contributed by atoms with Crippen molar-refractivity contribution in [3.05, 3.63) is 29.8 Å². The summed E-state index contributed by atoms with van der Waals surface area (Å²) >= 11 is 0. The normalized spacial score (nSPS) is 19.6. The maximum atomic E-state index is 12.5. The minimum atomic E-state index is -3.72. The van der Waals surface area contributed by atoms with Gasteiger partial charge in [-0.15, -0.1) is 0 Å². The van der Waals surface area contributed by atoms with E-state index in [1.54, 1.807) is 12.1 Å². The molecule has 1 unspecified atom stereocenters. The number of benzene rings is 1. The van der Waals surface area contributed by atoms with Crippen LogP contribution in [0.25, 0.3) is 0 Å². The number of hydrogen-bond donors (Lipinski definition) is 1. The smallest absolute Gasteiger partial charge is 0.243 e. The van der Waals surface area contributed by atoms with Gasteiger partial charge >= 0.3 is 0 Å². The van der Waals surface area contributed by atoms with Crippen molar-refractivity contribution >= 4 is 15.9 Å². The summed E-state index contributed by atoms with van der Waals surface area (Å²) in [5.41, 5.74) is 5.99. The zero-order valence-electron chi connectivity index (χ0n) is 10.8. The third-order valence-electron chi connectivity index (χ3n) is 3.35. The summed E-state index contributed by atoms with van der Waals surface area (Å²) in [5.74, 6) is -0.618. The number of nitrogens with zero attached hydrogens (tertiary/aromatic N) is 2. The number of primary amides is 1. The van der Waals surface area contributed by atoms with Crippen LogP contribution in [0.1, 0.15) is 18.4 Å². The second-order valence-corrected chi connectivity index (χ2v) is 6.55. The lowest BCUT2D eigenvalue weighted by atomic mass is 10.2. The molecule has 0 spiro atoms. The molecule has 20 heavy (non-hydrogen) atoms. The molecule has 1 atom stereocenters. The quantitative estimate of drug-likeness (QED) is 0.867. The Morgan fingerprint density at radius 1 is 1.40 bits per heavy atom. The van der Waals surface area contributed by atoms with Gasteiger partial charge in [0.25, 0.3) is 0 Å². The molecule has 2 rings (SSSR count). The fourth-order valence-electron chi connectivity index (χ4n) is 2.32. The summed E-state index contributed by atoms with van der Waals surface area (Å²) in [6.07, 6.45) is 1.31. The van der Waals surface area contributed by atoms with Gasteiger partial charge in [0.2, 0.25) is 15.9 Å². The monoisotopic (exact) mass is 293 g/mol. The van der Waals surface area contributed by atoms with Gasteiger partial charge in [-0.3, -0.25) is 4.79 Å². The highest BCUT2D eigenvalue weighted by atomic mass is 32.2. The minimum Gasteiger partial charge on any atom is -0.368 e. The van der Waals surface area contributed by atoms with Gasteiger partial charge in [0.05, 0.1) is 17.4 Å². The molecule has 1 aromatic rings. The van der Waals surface area contributed by atoms with E-state index in [2.05, 4.69) is 0 Å². The number of amides is 1. The summed E-state index contributed by atoms with van der Waals surface area (Å²) in [6, 6.07) is 7.35. The van der Waals surface area contributed by atoms with E-state index >= 15 is 0 Å². The van der Waals surface area contributed by atoms with Gasteiger partial charge in [0.15, 0.2) is 0 Å². The third-order valence-corrected chi connectivity index (χ3v) is 5.27. The lowest BCUT2D eigenvalue weighted by molar-refractivity contribution is -0.121. The molecular formula is C13H15N3O3S. The molecule has 1 aromatic carbocycles. The van der Waals surface area contributed by atoms with Gasteiger partial charge in [0, 0.05) is 6.54 Å². The predicted molar refractivity (Wildman–Crippen MR) is 71.9 cm³/mol. The van der Waals surface area contributed by atoms with E-state index in [1.165, 1.54) is 12.1 Å². The molecule has 2 N–H and O–H groups in total. The van der Waals surface area contributed by atoms with Crippen LogP contribution in [0.5, 0.6) is 0 Å². The van der Waals surface area contributed by atoms with Crippen LogP contribution < -0.4 is 5.73 Å². The van der Waals surface area contributed by atoms with Crippen molar-refractivity contribution in [2.75, 3.05) is 6.54 Å². The van der Waals surface area contributed by atoms with Gasteiger partial charge in [0.1, 0.15) is 6.04 Å². The maximum absolute atomic E-state index is 12.5. The molecule has 106 valence electrons. The van der Waals surface area contributed by atoms with Crippen molar-refractivity contribution in [3.63, 3.8) is 0 Å². The van der Waals surface area contributed by atoms with E-state index in [0.29, 0.717) is 19.4 Å². The number of rotatable bonds is 4. The first-order valence-corrected chi connectivity index (χ1v) is 7.68. The van der Waals surface area contributed by atoms with Crippen molar-refractivity contribution in [1.29, 1.82) is 5.26 Å². The molecule has 1 fully saturated rings. The fourth-order valence-corrected chi connectivity index (χ4v) is 3.98. The molecule has 1 aliphatic heterocycles. The van der Waals surface area contributed by atoms with Gasteiger partial charge in [-0.25, -0.2) is 8.42 Å². The number of sulfonamides is 1. The second-order valence-electron chi connectivity index (χ2n) is 4.65. The van der Waals surface area contributed by atoms with Crippen molar-refractivity contribution in [2.45, 2.75) is 30.2 Å². The summed E-state index contributed by atoms with van der Waals surface area (Å²) in [4.78, 5) is 11.4. The average Bonchev–Trinajstić information content (AvgIpc) is 2.90. The van der Waals surface area contributed by atoms with Gasteiger partial charge in [-0.05, 0) is 30.5 Å². The molecule has 6 nitrogen and oxygen atoms in total. The van der Waals surface area contributed by atoms with E-state index in [9.17, 15) is 13.2 Å². The second kappa shape index (κ2) is 5.61. The third kappa shape index (κ3) is 2.66. The van der Waals surface area contributed by atoms with E-state index in [0.717, 1.165) is 9.87 Å². The molecule has 0 aliphatic carbocycles. The lowest BCUT2D eigenvalue weighted by Crippen LogP contribution is -2.43. The first-order chi connectivity index (χ1) is 9.46. The Morgan fingerprint density at radius 2 is 2.05 bits per heavy atom. The first kappa shape index (κ1) is 14.5. The molecule has 0 aromatic heterocycles. The Kier molecular flexibility index (Phi) is 4.06. The van der Waals surface area contributed by atoms with Crippen molar-refractivity contribution in [3.8, 4) is 6.07 Å². The largest absolute Gasteiger partial charge is 0.368 e. The van der Waals surface area contributed by atoms with Gasteiger partial charge in [-0.2, -0.15) is 9.57 Å². The first-order valence-electron chi connectivity index (χ1n) is 6.24. The Hall–Kier alpha value is -1.91. The van der Waals surface area contributed by atoms with Gasteiger partial charge < -0.3 is 5.73 Å². The molecule has 0 saturated carbocycles. The Labute approximate surface area is 117 Å². The Balaban J connectivity index is 2.30. The highest BCUT2D eigenvalue weighted by Crippen LogP contribution is 2.26. The molecule has 0 bridgehead atoms. The van der Waals surface area contributed by atoms with Crippen LogP contribution in [0, 0.1) is 11.3 Å². The van der Waals surface area contributed by atoms with E-state index in [1.807, 2.05) is 6.07 Å². The van der Waals surface area contributed by atoms with Crippen LogP contribution in [0.2, 0.25) is 0 Å². The zero-order valence-corrected chi connectivity index (χ0v) is 11.6. The SMILES string of the molecule is N#CCc1ccc(S(=O)(=O)N2CCCC2C(N)=O)cc1. The number of carbonyl (C=O) groups is 1. The molecular weight excluding hydrogens is 278 g/mol. The maximum Gasteiger partial charge on any atom is 0.243 e. The Morgan fingerprint density at radius 3 is 2.60 bits per heavy atom. The van der Waals surface area contributed by atoms with E-state index in [4.69, 9.17) is 11.0 Å². The van der Waals surface area contributed by atoms with E-state index in [-0.39, 0.29) is 11.3 Å². The molecule has 1 saturated heterocycles. The summed E-state index contributed by atoms with van der Waals surface area (Å²) in [7, 11) is -3.72. The van der Waals surface area contributed by atoms with Crippen LogP contribution in [0.4, 0.5) is 0 Å². The summed E-state index contributed by atoms with van der Waals surface area (Å²) in [5, 5.41) is 8.59. The predicted octanol–water partition coefficient (Wildman–Crippen LogP) is 0.391. The van der Waals surface area contributed by atoms with Gasteiger partial charge in [-0.1, -0.05) is 12.1 Å². The Bertz CT molecular complexity index is 646. The minimum absolute atomic E-state index is 0.118. The molecule has 0 radical (unpaired) electrons.